The molecule has 0 saturated carbocycles. The second kappa shape index (κ2) is 4.06. The van der Waals surface area contributed by atoms with Crippen LogP contribution < -0.4 is 5.43 Å². The average molecular weight is 166 g/mol. The molecule has 12 heavy (non-hydrogen) atoms. The van der Waals surface area contributed by atoms with E-state index in [1.807, 2.05) is 0 Å². The highest BCUT2D eigenvalue weighted by atomic mass is 15.5. The Labute approximate surface area is 74.6 Å². The largest absolute Gasteiger partial charge is 0.255 e. The highest BCUT2D eigenvalue weighted by Crippen LogP contribution is 2.18. The zero-order valence-corrected chi connectivity index (χ0v) is 7.63. The lowest BCUT2D eigenvalue weighted by molar-refractivity contribution is 0.130. The van der Waals surface area contributed by atoms with Crippen LogP contribution in [-0.2, 0) is 0 Å². The highest BCUT2D eigenvalue weighted by Gasteiger charge is 2.16. The van der Waals surface area contributed by atoms with E-state index in [2.05, 4.69) is 22.6 Å². The predicted molar refractivity (Wildman–Crippen MR) is 50.7 cm³/mol. The molecule has 1 aliphatic carbocycles. The minimum atomic E-state index is 0.885. The summed E-state index contributed by atoms with van der Waals surface area (Å²) in [6.45, 7) is 3.67. The van der Waals surface area contributed by atoms with Crippen LogP contribution in [0.15, 0.2) is 12.2 Å². The van der Waals surface area contributed by atoms with Crippen LogP contribution >= 0.6 is 0 Å². The van der Waals surface area contributed by atoms with E-state index in [0.717, 1.165) is 5.92 Å². The predicted octanol–water partition coefficient (Wildman–Crippen LogP) is 1.55. The van der Waals surface area contributed by atoms with Crippen LogP contribution in [0.5, 0.6) is 0 Å². The van der Waals surface area contributed by atoms with Gasteiger partial charge in [0, 0.05) is 19.6 Å². The van der Waals surface area contributed by atoms with Crippen LogP contribution in [0, 0.1) is 5.92 Å². The number of hydrazine groups is 1. The third kappa shape index (κ3) is 2.08. The van der Waals surface area contributed by atoms with Gasteiger partial charge in [0.05, 0.1) is 0 Å². The van der Waals surface area contributed by atoms with E-state index in [1.54, 1.807) is 0 Å². The van der Waals surface area contributed by atoms with E-state index in [1.165, 1.54) is 45.3 Å². The standard InChI is InChI=1S/C10H18N2/c1-2-6-10(5-1)9-12-8-4-3-7-11-12/h1-2,10-11H,3-9H2. The van der Waals surface area contributed by atoms with Crippen LogP contribution in [0.25, 0.3) is 0 Å². The molecule has 0 amide bonds. The van der Waals surface area contributed by atoms with Gasteiger partial charge in [0.2, 0.25) is 0 Å². The Morgan fingerprint density at radius 3 is 2.75 bits per heavy atom. The molecule has 0 bridgehead atoms. The fourth-order valence-corrected chi connectivity index (χ4v) is 2.03. The first-order valence-electron chi connectivity index (χ1n) is 5.08. The smallest absolute Gasteiger partial charge is 0.0165 e. The third-order valence-corrected chi connectivity index (χ3v) is 2.77. The molecule has 0 atom stereocenters. The first-order chi connectivity index (χ1) is 5.95. The van der Waals surface area contributed by atoms with Gasteiger partial charge in [-0.3, -0.25) is 5.43 Å². The van der Waals surface area contributed by atoms with E-state index in [4.69, 9.17) is 0 Å². The van der Waals surface area contributed by atoms with Gasteiger partial charge in [-0.25, -0.2) is 5.01 Å². The molecule has 0 aromatic carbocycles. The molecule has 1 N–H and O–H groups in total. The van der Waals surface area contributed by atoms with Gasteiger partial charge in [-0.15, -0.1) is 0 Å². The fraction of sp³-hybridized carbons (Fsp3) is 0.800. The summed E-state index contributed by atoms with van der Waals surface area (Å²) < 4.78 is 0. The summed E-state index contributed by atoms with van der Waals surface area (Å²) in [7, 11) is 0. The molecule has 0 aromatic heterocycles. The Hall–Kier alpha value is -0.340. The maximum atomic E-state index is 3.45. The van der Waals surface area contributed by atoms with Crippen LogP contribution in [-0.4, -0.2) is 24.6 Å². The van der Waals surface area contributed by atoms with Gasteiger partial charge in [0.1, 0.15) is 0 Å². The summed E-state index contributed by atoms with van der Waals surface area (Å²) in [6, 6.07) is 0. The van der Waals surface area contributed by atoms with Crippen LogP contribution in [0.1, 0.15) is 25.7 Å². The van der Waals surface area contributed by atoms with E-state index in [0.29, 0.717) is 0 Å². The minimum absolute atomic E-state index is 0.885. The molecule has 68 valence electrons. The van der Waals surface area contributed by atoms with Gasteiger partial charge in [0.25, 0.3) is 0 Å². The molecule has 0 radical (unpaired) electrons. The van der Waals surface area contributed by atoms with E-state index in [9.17, 15) is 0 Å². The monoisotopic (exact) mass is 166 g/mol. The summed E-state index contributed by atoms with van der Waals surface area (Å²) in [4.78, 5) is 0. The molecule has 1 fully saturated rings. The van der Waals surface area contributed by atoms with Crippen molar-refractivity contribution in [1.29, 1.82) is 0 Å². The SMILES string of the molecule is C1=CCC(CN2CCCCN2)C1. The summed E-state index contributed by atoms with van der Waals surface area (Å²) >= 11 is 0. The topological polar surface area (TPSA) is 15.3 Å². The van der Waals surface area contributed by atoms with Gasteiger partial charge < -0.3 is 0 Å². The van der Waals surface area contributed by atoms with E-state index >= 15 is 0 Å². The number of nitrogens with zero attached hydrogens (tertiary/aromatic N) is 1. The maximum absolute atomic E-state index is 3.45. The zero-order valence-electron chi connectivity index (χ0n) is 7.63. The van der Waals surface area contributed by atoms with Crippen LogP contribution in [0.3, 0.4) is 0 Å². The summed E-state index contributed by atoms with van der Waals surface area (Å²) in [6.07, 6.45) is 9.92. The molecule has 0 aromatic rings. The first kappa shape index (κ1) is 8.27. The molecule has 0 spiro atoms. The summed E-state index contributed by atoms with van der Waals surface area (Å²) in [5, 5.41) is 2.40. The molecule has 2 heteroatoms. The average Bonchev–Trinajstić information content (AvgIpc) is 2.59. The molecule has 1 aliphatic heterocycles. The quantitative estimate of drug-likeness (QED) is 0.626. The Kier molecular flexibility index (Phi) is 2.79. The fourth-order valence-electron chi connectivity index (χ4n) is 2.03. The number of hydrogen-bond acceptors (Lipinski definition) is 2. The number of allylic oxidation sites excluding steroid dienone is 2. The Balaban J connectivity index is 1.70. The molecule has 2 nitrogen and oxygen atoms in total. The Bertz CT molecular complexity index is 151. The van der Waals surface area contributed by atoms with Crippen molar-refractivity contribution in [1.82, 2.24) is 10.4 Å². The van der Waals surface area contributed by atoms with Crippen LogP contribution in [0.4, 0.5) is 0 Å². The van der Waals surface area contributed by atoms with Crippen molar-refractivity contribution in [2.45, 2.75) is 25.7 Å². The van der Waals surface area contributed by atoms with Gasteiger partial charge in [-0.05, 0) is 31.6 Å². The highest BCUT2D eigenvalue weighted by molar-refractivity contribution is 4.94. The lowest BCUT2D eigenvalue weighted by Crippen LogP contribution is -2.45. The molecule has 2 aliphatic rings. The molecule has 1 saturated heterocycles. The van der Waals surface area contributed by atoms with Crippen molar-refractivity contribution in [3.05, 3.63) is 12.2 Å². The number of hydrogen-bond donors (Lipinski definition) is 1. The van der Waals surface area contributed by atoms with Crippen molar-refractivity contribution < 1.29 is 0 Å². The normalized spacial score (nSPS) is 26.7. The van der Waals surface area contributed by atoms with Gasteiger partial charge in [-0.1, -0.05) is 12.2 Å². The van der Waals surface area contributed by atoms with Crippen LogP contribution in [0.2, 0.25) is 0 Å². The molecule has 0 unspecified atom stereocenters. The molecule has 1 heterocycles. The summed E-state index contributed by atoms with van der Waals surface area (Å²) in [5.74, 6) is 0.885. The van der Waals surface area contributed by atoms with Crippen molar-refractivity contribution in [3.8, 4) is 0 Å². The second-order valence-electron chi connectivity index (χ2n) is 3.87. The van der Waals surface area contributed by atoms with E-state index < -0.39 is 0 Å². The molecular formula is C10H18N2. The second-order valence-corrected chi connectivity index (χ2v) is 3.87. The maximum Gasteiger partial charge on any atom is 0.0165 e. The lowest BCUT2D eigenvalue weighted by atomic mass is 10.1. The van der Waals surface area contributed by atoms with Gasteiger partial charge >= 0.3 is 0 Å². The minimum Gasteiger partial charge on any atom is -0.255 e. The van der Waals surface area contributed by atoms with Crippen molar-refractivity contribution in [3.63, 3.8) is 0 Å². The Morgan fingerprint density at radius 1 is 1.25 bits per heavy atom. The third-order valence-electron chi connectivity index (χ3n) is 2.77. The number of nitrogens with one attached hydrogen (secondary N) is 1. The van der Waals surface area contributed by atoms with Crippen molar-refractivity contribution in [2.24, 2.45) is 5.92 Å². The van der Waals surface area contributed by atoms with E-state index in [-0.39, 0.29) is 0 Å². The van der Waals surface area contributed by atoms with Crippen molar-refractivity contribution in [2.75, 3.05) is 19.6 Å². The lowest BCUT2D eigenvalue weighted by Gasteiger charge is -2.29. The summed E-state index contributed by atoms with van der Waals surface area (Å²) in [5.41, 5.74) is 3.45. The van der Waals surface area contributed by atoms with Crippen molar-refractivity contribution >= 4 is 0 Å². The first-order valence-corrected chi connectivity index (χ1v) is 5.08. The van der Waals surface area contributed by atoms with Gasteiger partial charge in [-0.2, -0.15) is 0 Å². The Morgan fingerprint density at radius 2 is 2.08 bits per heavy atom. The van der Waals surface area contributed by atoms with Gasteiger partial charge in [0.15, 0.2) is 0 Å². The molecule has 2 rings (SSSR count). The molecular weight excluding hydrogens is 148 g/mol. The zero-order chi connectivity index (χ0) is 8.23. The number of rotatable bonds is 2.